The second-order valence-electron chi connectivity index (χ2n) is 7.91. The second-order valence-corrected chi connectivity index (χ2v) is 7.91. The predicted molar refractivity (Wildman–Crippen MR) is 101 cm³/mol. The zero-order chi connectivity index (χ0) is 19.6. The maximum Gasteiger partial charge on any atom is 0.306 e. The number of amides is 1. The van der Waals surface area contributed by atoms with E-state index in [1.54, 1.807) is 16.7 Å². The molecule has 1 fully saturated rings. The molecule has 0 unspecified atom stereocenters. The lowest BCUT2D eigenvalue weighted by molar-refractivity contribution is -0.148. The van der Waals surface area contributed by atoms with Gasteiger partial charge < -0.3 is 10.1 Å². The van der Waals surface area contributed by atoms with Gasteiger partial charge in [0.15, 0.2) is 6.61 Å². The summed E-state index contributed by atoms with van der Waals surface area (Å²) >= 11 is 0. The maximum atomic E-state index is 12.8. The summed E-state index contributed by atoms with van der Waals surface area (Å²) in [7, 11) is 0. The van der Waals surface area contributed by atoms with Crippen molar-refractivity contribution in [2.24, 2.45) is 0 Å². The average Bonchev–Trinajstić information content (AvgIpc) is 3.41. The molecule has 3 rings (SSSR count). The van der Waals surface area contributed by atoms with Crippen LogP contribution in [-0.4, -0.2) is 33.6 Å². The number of aryl methyl sites for hydroxylation is 1. The number of aromatic nitrogens is 2. The Morgan fingerprint density at radius 1 is 1.26 bits per heavy atom. The number of rotatable bonds is 6. The number of carbonyl (C=O) groups excluding carboxylic acids is 2. The van der Waals surface area contributed by atoms with Crippen molar-refractivity contribution in [1.82, 2.24) is 14.9 Å². The molecule has 0 radical (unpaired) electrons. The van der Waals surface area contributed by atoms with Gasteiger partial charge in [-0.3, -0.25) is 19.0 Å². The highest BCUT2D eigenvalue weighted by atomic mass is 16.5. The minimum absolute atomic E-state index is 0.0592. The lowest BCUT2D eigenvalue weighted by atomic mass is 10.1. The molecule has 1 aliphatic rings. The number of carbonyl (C=O) groups is 2. The number of para-hydroxylation sites is 1. The number of ether oxygens (including phenoxy) is 1. The summed E-state index contributed by atoms with van der Waals surface area (Å²) in [5.74, 6) is -0.226. The van der Waals surface area contributed by atoms with Gasteiger partial charge in [0, 0.05) is 18.0 Å². The molecule has 1 N–H and O–H groups in total. The Hall–Kier alpha value is -2.70. The first-order chi connectivity index (χ1) is 12.7. The van der Waals surface area contributed by atoms with Crippen LogP contribution in [0.4, 0.5) is 0 Å². The lowest BCUT2D eigenvalue weighted by Gasteiger charge is -2.20. The smallest absolute Gasteiger partial charge is 0.306 e. The van der Waals surface area contributed by atoms with E-state index in [9.17, 15) is 14.4 Å². The summed E-state index contributed by atoms with van der Waals surface area (Å²) < 4.78 is 6.75. The van der Waals surface area contributed by atoms with Crippen LogP contribution in [0.15, 0.2) is 29.1 Å². The minimum Gasteiger partial charge on any atom is -0.456 e. The zero-order valence-corrected chi connectivity index (χ0v) is 15.9. The molecule has 144 valence electrons. The molecular formula is C20H25N3O4. The molecule has 1 heterocycles. The fourth-order valence-corrected chi connectivity index (χ4v) is 2.96. The van der Waals surface area contributed by atoms with E-state index >= 15 is 0 Å². The third kappa shape index (κ3) is 4.93. The number of hydrogen-bond donors (Lipinski definition) is 1. The number of benzene rings is 1. The number of nitrogens with one attached hydrogen (secondary N) is 1. The Kier molecular flexibility index (Phi) is 5.30. The van der Waals surface area contributed by atoms with Gasteiger partial charge in [0.2, 0.25) is 0 Å². The van der Waals surface area contributed by atoms with Crippen molar-refractivity contribution in [2.45, 2.75) is 58.0 Å². The summed E-state index contributed by atoms with van der Waals surface area (Å²) in [6.45, 7) is 5.26. The van der Waals surface area contributed by atoms with Crippen LogP contribution in [0.25, 0.3) is 10.9 Å². The molecule has 7 heteroatoms. The molecule has 0 aliphatic heterocycles. The fourth-order valence-electron chi connectivity index (χ4n) is 2.96. The first-order valence-corrected chi connectivity index (χ1v) is 9.21. The van der Waals surface area contributed by atoms with E-state index in [0.717, 1.165) is 12.8 Å². The Labute approximate surface area is 157 Å². The molecule has 1 aliphatic carbocycles. The van der Waals surface area contributed by atoms with Gasteiger partial charge in [0.1, 0.15) is 5.82 Å². The zero-order valence-electron chi connectivity index (χ0n) is 15.9. The number of nitrogens with zero attached hydrogens (tertiary/aromatic N) is 2. The van der Waals surface area contributed by atoms with E-state index in [1.807, 2.05) is 32.9 Å². The summed E-state index contributed by atoms with van der Waals surface area (Å²) in [6.07, 6.45) is 2.27. The van der Waals surface area contributed by atoms with Gasteiger partial charge in [0.25, 0.3) is 11.5 Å². The number of esters is 1. The van der Waals surface area contributed by atoms with Crippen LogP contribution in [0.5, 0.6) is 0 Å². The molecule has 27 heavy (non-hydrogen) atoms. The molecule has 1 aromatic heterocycles. The second kappa shape index (κ2) is 7.50. The van der Waals surface area contributed by atoms with Crippen molar-refractivity contribution in [3.8, 4) is 0 Å². The van der Waals surface area contributed by atoms with Crippen LogP contribution in [0.1, 0.15) is 51.9 Å². The number of hydrogen-bond acceptors (Lipinski definition) is 5. The molecule has 0 saturated heterocycles. The molecule has 0 bridgehead atoms. The quantitative estimate of drug-likeness (QED) is 0.786. The number of fused-ring (bicyclic) bond motifs is 1. The monoisotopic (exact) mass is 371 g/mol. The van der Waals surface area contributed by atoms with E-state index in [0.29, 0.717) is 23.1 Å². The van der Waals surface area contributed by atoms with Crippen molar-refractivity contribution in [3.63, 3.8) is 0 Å². The summed E-state index contributed by atoms with van der Waals surface area (Å²) in [5.41, 5.74) is 0.196. The van der Waals surface area contributed by atoms with Crippen LogP contribution >= 0.6 is 0 Å². The Balaban J connectivity index is 1.66. The predicted octanol–water partition coefficient (Wildman–Crippen LogP) is 2.12. The summed E-state index contributed by atoms with van der Waals surface area (Å²) in [5, 5.41) is 3.33. The molecule has 1 aromatic carbocycles. The molecule has 1 saturated carbocycles. The first kappa shape index (κ1) is 19.1. The van der Waals surface area contributed by atoms with Gasteiger partial charge in [0.05, 0.1) is 17.3 Å². The molecular weight excluding hydrogens is 346 g/mol. The highest BCUT2D eigenvalue weighted by molar-refractivity contribution is 5.81. The molecule has 0 atom stereocenters. The molecule has 2 aromatic rings. The van der Waals surface area contributed by atoms with E-state index in [-0.39, 0.29) is 36.1 Å². The topological polar surface area (TPSA) is 90.3 Å². The van der Waals surface area contributed by atoms with Gasteiger partial charge in [-0.15, -0.1) is 0 Å². The Morgan fingerprint density at radius 2 is 1.96 bits per heavy atom. The Morgan fingerprint density at radius 3 is 2.63 bits per heavy atom. The summed E-state index contributed by atoms with van der Waals surface area (Å²) in [6, 6.07) is 7.39. The van der Waals surface area contributed by atoms with Gasteiger partial charge in [-0.2, -0.15) is 0 Å². The van der Waals surface area contributed by atoms with Crippen LogP contribution in [0, 0.1) is 0 Å². The van der Waals surface area contributed by atoms with E-state index < -0.39 is 5.97 Å². The van der Waals surface area contributed by atoms with Crippen molar-refractivity contribution >= 4 is 22.8 Å². The van der Waals surface area contributed by atoms with Crippen molar-refractivity contribution in [3.05, 3.63) is 40.4 Å². The largest absolute Gasteiger partial charge is 0.456 e. The van der Waals surface area contributed by atoms with Gasteiger partial charge in [-0.1, -0.05) is 12.1 Å². The minimum atomic E-state index is -0.483. The maximum absolute atomic E-state index is 12.8. The third-order valence-electron chi connectivity index (χ3n) is 4.22. The van der Waals surface area contributed by atoms with Crippen LogP contribution in [0.2, 0.25) is 0 Å². The van der Waals surface area contributed by atoms with Gasteiger partial charge in [-0.25, -0.2) is 4.98 Å². The van der Waals surface area contributed by atoms with Crippen LogP contribution < -0.4 is 10.9 Å². The highest BCUT2D eigenvalue weighted by Gasteiger charge is 2.28. The molecule has 1 amide bonds. The van der Waals surface area contributed by atoms with Crippen molar-refractivity contribution in [2.75, 3.05) is 6.61 Å². The van der Waals surface area contributed by atoms with Crippen LogP contribution in [-0.2, 0) is 20.7 Å². The third-order valence-corrected chi connectivity index (χ3v) is 4.22. The highest BCUT2D eigenvalue weighted by Crippen LogP contribution is 2.34. The Bertz CT molecular complexity index is 923. The van der Waals surface area contributed by atoms with Gasteiger partial charge in [-0.05, 0) is 45.7 Å². The SMILES string of the molecule is CC(C)(C)NC(=O)COC(=O)CCc1nc2ccccc2c(=O)n1C1CC1. The average molecular weight is 371 g/mol. The van der Waals surface area contributed by atoms with Crippen molar-refractivity contribution < 1.29 is 14.3 Å². The van der Waals surface area contributed by atoms with Crippen LogP contribution in [0.3, 0.4) is 0 Å². The summed E-state index contributed by atoms with van der Waals surface area (Å²) in [4.78, 5) is 41.1. The molecule has 0 spiro atoms. The van der Waals surface area contributed by atoms with E-state index in [1.165, 1.54) is 0 Å². The van der Waals surface area contributed by atoms with Gasteiger partial charge >= 0.3 is 5.97 Å². The fraction of sp³-hybridized carbons (Fsp3) is 0.500. The standard InChI is InChI=1S/C20H25N3O4/c1-20(2,3)22-17(24)12-27-18(25)11-10-16-21-15-7-5-4-6-14(15)19(26)23(16)13-8-9-13/h4-7,13H,8-12H2,1-3H3,(H,22,24). The van der Waals surface area contributed by atoms with Crippen molar-refractivity contribution in [1.29, 1.82) is 0 Å². The first-order valence-electron chi connectivity index (χ1n) is 9.21. The lowest BCUT2D eigenvalue weighted by Crippen LogP contribution is -2.42. The van der Waals surface area contributed by atoms with E-state index in [2.05, 4.69) is 10.3 Å². The van der Waals surface area contributed by atoms with E-state index in [4.69, 9.17) is 4.74 Å². The normalized spacial score (nSPS) is 14.2. The molecule has 7 nitrogen and oxygen atoms in total.